The van der Waals surface area contributed by atoms with E-state index in [-0.39, 0.29) is 16.8 Å². The first-order valence-electron chi connectivity index (χ1n) is 6.82. The Morgan fingerprint density at radius 1 is 1.12 bits per heavy atom. The van der Waals surface area contributed by atoms with Crippen LogP contribution >= 0.6 is 0 Å². The summed E-state index contributed by atoms with van der Waals surface area (Å²) >= 11 is 0. The van der Waals surface area contributed by atoms with E-state index in [1.165, 1.54) is 36.4 Å². The van der Waals surface area contributed by atoms with E-state index in [0.29, 0.717) is 15.8 Å². The van der Waals surface area contributed by atoms with Crippen molar-refractivity contribution in [2.45, 2.75) is 6.55 Å². The summed E-state index contributed by atoms with van der Waals surface area (Å²) in [4.78, 5) is 14.6. The molecule has 24 heavy (non-hydrogen) atoms. The molecule has 0 bridgehead atoms. The second-order valence-electron chi connectivity index (χ2n) is 4.98. The lowest BCUT2D eigenvalue weighted by molar-refractivity contribution is -0.384. The number of hydrogen-bond acceptors (Lipinski definition) is 3. The van der Waals surface area contributed by atoms with Gasteiger partial charge in [-0.25, -0.2) is 9.37 Å². The summed E-state index contributed by atoms with van der Waals surface area (Å²) in [6, 6.07) is 8.24. The molecule has 8 heteroatoms. The lowest BCUT2D eigenvalue weighted by Gasteiger charge is -2.05. The van der Waals surface area contributed by atoms with Gasteiger partial charge in [-0.05, 0) is 36.4 Å². The van der Waals surface area contributed by atoms with Crippen molar-refractivity contribution >= 4 is 5.69 Å². The largest absolute Gasteiger partial charge is 0.318 e. The maximum absolute atomic E-state index is 13.0. The lowest BCUT2D eigenvalue weighted by Crippen LogP contribution is -1.96. The minimum Gasteiger partial charge on any atom is -0.298 e. The fourth-order valence-corrected chi connectivity index (χ4v) is 2.30. The van der Waals surface area contributed by atoms with E-state index in [4.69, 9.17) is 0 Å². The Labute approximate surface area is 134 Å². The van der Waals surface area contributed by atoms with Crippen LogP contribution in [0.3, 0.4) is 0 Å². The molecular formula is C16H10F3N3O2. The monoisotopic (exact) mass is 333 g/mol. The molecule has 0 saturated carbocycles. The lowest BCUT2D eigenvalue weighted by atomic mass is 10.0. The van der Waals surface area contributed by atoms with E-state index in [1.54, 1.807) is 0 Å². The number of pyridine rings is 1. The average Bonchev–Trinajstić information content (AvgIpc) is 3.05. The van der Waals surface area contributed by atoms with Gasteiger partial charge in [-0.2, -0.15) is 8.78 Å². The summed E-state index contributed by atoms with van der Waals surface area (Å²) in [5.74, 6) is -0.421. The average molecular weight is 333 g/mol. The van der Waals surface area contributed by atoms with Gasteiger partial charge in [-0.15, -0.1) is 0 Å². The maximum Gasteiger partial charge on any atom is 0.318 e. The highest BCUT2D eigenvalue weighted by Crippen LogP contribution is 2.33. The van der Waals surface area contributed by atoms with Crippen LogP contribution < -0.4 is 0 Å². The Kier molecular flexibility index (Phi) is 4.03. The second-order valence-corrected chi connectivity index (χ2v) is 4.98. The number of benzene rings is 1. The fraction of sp³-hybridized carbons (Fsp3) is 0.0625. The van der Waals surface area contributed by atoms with Crippen molar-refractivity contribution < 1.29 is 18.1 Å². The normalized spacial score (nSPS) is 11.0. The van der Waals surface area contributed by atoms with Crippen LogP contribution in [0.2, 0.25) is 0 Å². The van der Waals surface area contributed by atoms with Crippen molar-refractivity contribution in [2.75, 3.05) is 0 Å². The summed E-state index contributed by atoms with van der Waals surface area (Å²) in [5, 5.41) is 11.2. The number of nitrogens with zero attached hydrogens (tertiary/aromatic N) is 3. The van der Waals surface area contributed by atoms with Crippen molar-refractivity contribution in [3.63, 3.8) is 0 Å². The number of halogens is 3. The molecule has 0 spiro atoms. The number of rotatable bonds is 4. The first-order chi connectivity index (χ1) is 11.5. The molecule has 2 heterocycles. The van der Waals surface area contributed by atoms with E-state index < -0.39 is 17.3 Å². The molecule has 0 atom stereocenters. The zero-order chi connectivity index (χ0) is 17.3. The molecule has 0 N–H and O–H groups in total. The Hall–Kier alpha value is -3.16. The Balaban J connectivity index is 2.12. The number of hydrogen-bond donors (Lipinski definition) is 0. The summed E-state index contributed by atoms with van der Waals surface area (Å²) < 4.78 is 39.1. The molecule has 0 unspecified atom stereocenters. The molecule has 0 radical (unpaired) electrons. The molecule has 0 aliphatic heterocycles. The molecule has 0 fully saturated rings. The standard InChI is InChI=1S/C16H10F3N3O2/c17-12-3-1-10(2-4-12)14-7-13(15(8-20-14)22(23)24)11-5-6-21(9-11)16(18)19/h1-9,16H. The van der Waals surface area contributed by atoms with E-state index >= 15 is 0 Å². The molecule has 0 aliphatic carbocycles. The highest BCUT2D eigenvalue weighted by atomic mass is 19.3. The van der Waals surface area contributed by atoms with Crippen molar-refractivity contribution in [1.82, 2.24) is 9.55 Å². The molecular weight excluding hydrogens is 323 g/mol. The third-order valence-electron chi connectivity index (χ3n) is 3.47. The molecule has 0 aliphatic rings. The van der Waals surface area contributed by atoms with Gasteiger partial charge in [-0.3, -0.25) is 14.7 Å². The zero-order valence-electron chi connectivity index (χ0n) is 12.1. The number of alkyl halides is 2. The highest BCUT2D eigenvalue weighted by Gasteiger charge is 2.19. The van der Waals surface area contributed by atoms with Gasteiger partial charge in [0.1, 0.15) is 12.0 Å². The topological polar surface area (TPSA) is 61.0 Å². The summed E-state index contributed by atoms with van der Waals surface area (Å²) in [6.07, 6.45) is 3.33. The van der Waals surface area contributed by atoms with Crippen molar-refractivity contribution in [3.05, 3.63) is 70.9 Å². The Morgan fingerprint density at radius 3 is 2.42 bits per heavy atom. The van der Waals surface area contributed by atoms with Gasteiger partial charge in [0, 0.05) is 23.5 Å². The van der Waals surface area contributed by atoms with E-state index in [0.717, 1.165) is 18.6 Å². The predicted molar refractivity (Wildman–Crippen MR) is 81.0 cm³/mol. The van der Waals surface area contributed by atoms with Gasteiger partial charge in [0.15, 0.2) is 0 Å². The zero-order valence-corrected chi connectivity index (χ0v) is 12.1. The molecule has 1 aromatic carbocycles. The minimum atomic E-state index is -2.74. The smallest absolute Gasteiger partial charge is 0.298 e. The second kappa shape index (κ2) is 6.15. The van der Waals surface area contributed by atoms with Crippen LogP contribution in [0.4, 0.5) is 18.9 Å². The van der Waals surface area contributed by atoms with Gasteiger partial charge in [0.2, 0.25) is 0 Å². The van der Waals surface area contributed by atoms with Gasteiger partial charge < -0.3 is 0 Å². The number of aromatic nitrogens is 2. The molecule has 0 amide bonds. The molecule has 122 valence electrons. The van der Waals surface area contributed by atoms with E-state index in [1.807, 2.05) is 0 Å². The van der Waals surface area contributed by atoms with Crippen molar-refractivity contribution in [3.8, 4) is 22.4 Å². The van der Waals surface area contributed by atoms with Gasteiger partial charge in [-0.1, -0.05) is 0 Å². The van der Waals surface area contributed by atoms with Crippen LogP contribution in [-0.2, 0) is 0 Å². The van der Waals surface area contributed by atoms with Crippen LogP contribution in [0, 0.1) is 15.9 Å². The molecule has 2 aromatic heterocycles. The molecule has 5 nitrogen and oxygen atoms in total. The van der Waals surface area contributed by atoms with Crippen LogP contribution in [0.15, 0.2) is 55.0 Å². The molecule has 3 rings (SSSR count). The summed E-state index contributed by atoms with van der Waals surface area (Å²) in [5.41, 5.74) is 1.07. The van der Waals surface area contributed by atoms with Crippen molar-refractivity contribution in [2.24, 2.45) is 0 Å². The van der Waals surface area contributed by atoms with Gasteiger partial charge >= 0.3 is 6.55 Å². The Bertz CT molecular complexity index is 892. The third-order valence-corrected chi connectivity index (χ3v) is 3.47. The quantitative estimate of drug-likeness (QED) is 0.515. The van der Waals surface area contributed by atoms with E-state index in [9.17, 15) is 23.3 Å². The van der Waals surface area contributed by atoms with Gasteiger partial charge in [0.25, 0.3) is 5.69 Å². The van der Waals surface area contributed by atoms with Crippen LogP contribution in [-0.4, -0.2) is 14.5 Å². The first-order valence-corrected chi connectivity index (χ1v) is 6.82. The predicted octanol–water partition coefficient (Wildman–Crippen LogP) is 4.66. The van der Waals surface area contributed by atoms with Crippen LogP contribution in [0.5, 0.6) is 0 Å². The summed E-state index contributed by atoms with van der Waals surface area (Å²) in [7, 11) is 0. The first kappa shape index (κ1) is 15.7. The van der Waals surface area contributed by atoms with Crippen LogP contribution in [0.1, 0.15) is 6.55 Å². The number of nitro groups is 1. The fourth-order valence-electron chi connectivity index (χ4n) is 2.30. The maximum atomic E-state index is 13.0. The van der Waals surface area contributed by atoms with Crippen molar-refractivity contribution in [1.29, 1.82) is 0 Å². The minimum absolute atomic E-state index is 0.161. The van der Waals surface area contributed by atoms with Gasteiger partial charge in [0.05, 0.1) is 16.2 Å². The molecule has 3 aromatic rings. The van der Waals surface area contributed by atoms with Crippen LogP contribution in [0.25, 0.3) is 22.4 Å². The SMILES string of the molecule is O=[N+]([O-])c1cnc(-c2ccc(F)cc2)cc1-c1ccn(C(F)F)c1. The molecule has 0 saturated heterocycles. The summed E-state index contributed by atoms with van der Waals surface area (Å²) in [6.45, 7) is -2.74. The Morgan fingerprint density at radius 2 is 1.83 bits per heavy atom. The highest BCUT2D eigenvalue weighted by molar-refractivity contribution is 5.77. The third kappa shape index (κ3) is 2.98. The van der Waals surface area contributed by atoms with E-state index in [2.05, 4.69) is 4.98 Å².